The van der Waals surface area contributed by atoms with Gasteiger partial charge in [0.05, 0.1) is 43.4 Å². The Morgan fingerprint density at radius 3 is 2.72 bits per heavy atom. The van der Waals surface area contributed by atoms with Gasteiger partial charge in [0.2, 0.25) is 5.88 Å². The van der Waals surface area contributed by atoms with Gasteiger partial charge in [-0.05, 0) is 31.2 Å². The predicted molar refractivity (Wildman–Crippen MR) is 122 cm³/mol. The number of hydrogen-bond donors (Lipinski definition) is 1. The number of hydrogen-bond acceptors (Lipinski definition) is 8. The maximum absolute atomic E-state index is 13.2. The van der Waals surface area contributed by atoms with Crippen LogP contribution in [-0.2, 0) is 17.8 Å². The summed E-state index contributed by atoms with van der Waals surface area (Å²) in [6.45, 7) is 3.70. The molecule has 164 valence electrons. The normalized spacial score (nSPS) is 10.9. The third-order valence-corrected chi connectivity index (χ3v) is 4.90. The van der Waals surface area contributed by atoms with E-state index in [-0.39, 0.29) is 11.4 Å². The van der Waals surface area contributed by atoms with Crippen LogP contribution in [0.4, 0.5) is 5.82 Å². The Labute approximate surface area is 185 Å². The van der Waals surface area contributed by atoms with Crippen molar-refractivity contribution in [2.45, 2.75) is 20.0 Å². The van der Waals surface area contributed by atoms with Gasteiger partial charge in [0.1, 0.15) is 5.52 Å². The molecule has 0 aliphatic rings. The van der Waals surface area contributed by atoms with E-state index in [2.05, 4.69) is 25.3 Å². The fourth-order valence-corrected chi connectivity index (χ4v) is 3.27. The van der Waals surface area contributed by atoms with Crippen LogP contribution in [0.5, 0.6) is 5.88 Å². The third-order valence-electron chi connectivity index (χ3n) is 4.90. The van der Waals surface area contributed by atoms with E-state index in [1.807, 2.05) is 37.3 Å². The van der Waals surface area contributed by atoms with Crippen molar-refractivity contribution in [3.63, 3.8) is 0 Å². The molecule has 32 heavy (non-hydrogen) atoms. The molecule has 0 aliphatic heterocycles. The van der Waals surface area contributed by atoms with Crippen molar-refractivity contribution < 1.29 is 9.47 Å². The fraction of sp³-hybridized carbons (Fsp3) is 0.261. The first kappa shape index (κ1) is 21.4. The lowest BCUT2D eigenvalue weighted by Gasteiger charge is -2.14. The van der Waals surface area contributed by atoms with Crippen molar-refractivity contribution in [2.75, 3.05) is 25.6 Å². The molecule has 0 unspecified atom stereocenters. The zero-order valence-electron chi connectivity index (χ0n) is 18.0. The molecule has 0 fully saturated rings. The maximum atomic E-state index is 13.2. The molecule has 0 saturated carbocycles. The summed E-state index contributed by atoms with van der Waals surface area (Å²) in [4.78, 5) is 30.8. The summed E-state index contributed by atoms with van der Waals surface area (Å²) in [6, 6.07) is 11.1. The van der Waals surface area contributed by atoms with E-state index in [0.29, 0.717) is 48.9 Å². The minimum absolute atomic E-state index is 0.224. The van der Waals surface area contributed by atoms with Crippen LogP contribution >= 0.6 is 0 Å². The zero-order chi connectivity index (χ0) is 22.3. The summed E-state index contributed by atoms with van der Waals surface area (Å²) in [5, 5.41) is 3.11. The summed E-state index contributed by atoms with van der Waals surface area (Å²) in [5.74, 6) is 0.772. The molecule has 0 amide bonds. The minimum Gasteiger partial charge on any atom is -0.481 e. The van der Waals surface area contributed by atoms with Gasteiger partial charge in [-0.3, -0.25) is 14.8 Å². The number of nitrogens with one attached hydrogen (secondary N) is 1. The van der Waals surface area contributed by atoms with Crippen molar-refractivity contribution in [3.8, 4) is 17.1 Å². The third kappa shape index (κ3) is 4.73. The molecule has 0 aliphatic carbocycles. The molecule has 0 bridgehead atoms. The molecule has 4 rings (SSSR count). The summed E-state index contributed by atoms with van der Waals surface area (Å²) < 4.78 is 12.3. The standard InChI is InChI=1S/C23H24N6O3/c1-3-32-11-10-29-20-12-18(16-7-8-21(31-2)26-13-16)25-15-19(20)28-22(23(29)30)27-14-17-6-4-5-9-24-17/h4-9,12-13,15H,3,10-11,14H2,1-2H3,(H,27,28). The second-order valence-electron chi connectivity index (χ2n) is 6.94. The quantitative estimate of drug-likeness (QED) is 0.403. The molecule has 4 aromatic heterocycles. The van der Waals surface area contributed by atoms with Gasteiger partial charge < -0.3 is 19.4 Å². The second kappa shape index (κ2) is 9.97. The van der Waals surface area contributed by atoms with Gasteiger partial charge in [-0.1, -0.05) is 6.07 Å². The van der Waals surface area contributed by atoms with E-state index in [9.17, 15) is 4.79 Å². The molecule has 9 nitrogen and oxygen atoms in total. The highest BCUT2D eigenvalue weighted by Gasteiger charge is 2.13. The highest BCUT2D eigenvalue weighted by molar-refractivity contribution is 5.80. The lowest BCUT2D eigenvalue weighted by Crippen LogP contribution is -2.27. The van der Waals surface area contributed by atoms with Crippen LogP contribution in [0.15, 0.2) is 59.8 Å². The largest absolute Gasteiger partial charge is 0.481 e. The molecular weight excluding hydrogens is 408 g/mol. The van der Waals surface area contributed by atoms with Crippen LogP contribution < -0.4 is 15.6 Å². The predicted octanol–water partition coefficient (Wildman–Crippen LogP) is 2.91. The van der Waals surface area contributed by atoms with Crippen LogP contribution in [0.3, 0.4) is 0 Å². The van der Waals surface area contributed by atoms with Crippen molar-refractivity contribution in [1.29, 1.82) is 0 Å². The molecular formula is C23H24N6O3. The Morgan fingerprint density at radius 1 is 1.09 bits per heavy atom. The second-order valence-corrected chi connectivity index (χ2v) is 6.94. The number of nitrogens with zero attached hydrogens (tertiary/aromatic N) is 5. The zero-order valence-corrected chi connectivity index (χ0v) is 18.0. The smallest absolute Gasteiger partial charge is 0.293 e. The van der Waals surface area contributed by atoms with Crippen LogP contribution in [0.25, 0.3) is 22.3 Å². The minimum atomic E-state index is -0.224. The van der Waals surface area contributed by atoms with Gasteiger partial charge in [0, 0.05) is 37.2 Å². The van der Waals surface area contributed by atoms with E-state index >= 15 is 0 Å². The Hall–Kier alpha value is -3.85. The van der Waals surface area contributed by atoms with Crippen LogP contribution in [0.2, 0.25) is 0 Å². The molecule has 4 aromatic rings. The van der Waals surface area contributed by atoms with Gasteiger partial charge in [-0.25, -0.2) is 9.97 Å². The van der Waals surface area contributed by atoms with E-state index in [1.54, 1.807) is 36.3 Å². The van der Waals surface area contributed by atoms with Gasteiger partial charge in [0.25, 0.3) is 5.56 Å². The molecule has 0 spiro atoms. The summed E-state index contributed by atoms with van der Waals surface area (Å²) in [6.07, 6.45) is 5.06. The number of anilines is 1. The molecule has 1 N–H and O–H groups in total. The van der Waals surface area contributed by atoms with Crippen molar-refractivity contribution in [1.82, 2.24) is 24.5 Å². The number of rotatable bonds is 9. The molecule has 0 radical (unpaired) electrons. The van der Waals surface area contributed by atoms with Crippen molar-refractivity contribution in [3.05, 3.63) is 71.0 Å². The average molecular weight is 432 g/mol. The topological polar surface area (TPSA) is 104 Å². The number of ether oxygens (including phenoxy) is 2. The summed E-state index contributed by atoms with van der Waals surface area (Å²) >= 11 is 0. The van der Waals surface area contributed by atoms with Gasteiger partial charge in [-0.15, -0.1) is 0 Å². The van der Waals surface area contributed by atoms with E-state index < -0.39 is 0 Å². The lowest BCUT2D eigenvalue weighted by molar-refractivity contribution is 0.139. The Balaban J connectivity index is 1.73. The molecule has 9 heteroatoms. The highest BCUT2D eigenvalue weighted by atomic mass is 16.5. The van der Waals surface area contributed by atoms with Gasteiger partial charge in [-0.2, -0.15) is 0 Å². The average Bonchev–Trinajstić information content (AvgIpc) is 2.85. The maximum Gasteiger partial charge on any atom is 0.293 e. The van der Waals surface area contributed by atoms with Crippen molar-refractivity contribution in [2.24, 2.45) is 0 Å². The first-order valence-corrected chi connectivity index (χ1v) is 10.3. The number of fused-ring (bicyclic) bond motifs is 1. The van der Waals surface area contributed by atoms with E-state index in [1.165, 1.54) is 0 Å². The summed E-state index contributed by atoms with van der Waals surface area (Å²) in [5.41, 5.74) is 3.38. The number of aromatic nitrogens is 5. The SMILES string of the molecule is CCOCCn1c(=O)c(NCc2ccccn2)nc2cnc(-c3ccc(OC)nc3)cc21. The molecule has 0 aromatic carbocycles. The Bertz CT molecular complexity index is 1240. The Kier molecular flexibility index (Phi) is 6.66. The first-order chi connectivity index (χ1) is 15.7. The van der Waals surface area contributed by atoms with Crippen molar-refractivity contribution >= 4 is 16.9 Å². The van der Waals surface area contributed by atoms with E-state index in [0.717, 1.165) is 11.3 Å². The highest BCUT2D eigenvalue weighted by Crippen LogP contribution is 2.22. The monoisotopic (exact) mass is 432 g/mol. The van der Waals surface area contributed by atoms with Crippen LogP contribution in [0, 0.1) is 0 Å². The van der Waals surface area contributed by atoms with Crippen LogP contribution in [0.1, 0.15) is 12.6 Å². The van der Waals surface area contributed by atoms with Gasteiger partial charge >= 0.3 is 0 Å². The Morgan fingerprint density at radius 2 is 2.00 bits per heavy atom. The molecule has 4 heterocycles. The van der Waals surface area contributed by atoms with Gasteiger partial charge in [0.15, 0.2) is 5.82 Å². The molecule has 0 saturated heterocycles. The lowest BCUT2D eigenvalue weighted by atomic mass is 10.2. The number of methoxy groups -OCH3 is 1. The fourth-order valence-electron chi connectivity index (χ4n) is 3.27. The first-order valence-electron chi connectivity index (χ1n) is 10.3. The number of pyridine rings is 3. The van der Waals surface area contributed by atoms with E-state index in [4.69, 9.17) is 9.47 Å². The molecule has 0 atom stereocenters. The summed E-state index contributed by atoms with van der Waals surface area (Å²) in [7, 11) is 1.57. The van der Waals surface area contributed by atoms with Crippen LogP contribution in [-0.4, -0.2) is 44.8 Å².